The van der Waals surface area contributed by atoms with Crippen molar-refractivity contribution < 1.29 is 8.78 Å². The molecule has 0 amide bonds. The molecule has 1 nitrogen and oxygen atoms in total. The molecule has 2 rings (SSSR count). The molecule has 0 aromatic heterocycles. The van der Waals surface area contributed by atoms with Crippen molar-refractivity contribution in [1.29, 1.82) is 0 Å². The van der Waals surface area contributed by atoms with Crippen LogP contribution in [0.5, 0.6) is 0 Å². The highest BCUT2D eigenvalue weighted by Gasteiger charge is 2.17. The van der Waals surface area contributed by atoms with Crippen LogP contribution in [-0.4, -0.2) is 0 Å². The lowest BCUT2D eigenvalue weighted by molar-refractivity contribution is 0.575. The van der Waals surface area contributed by atoms with Crippen LogP contribution in [0, 0.1) is 11.6 Å². The fourth-order valence-electron chi connectivity index (χ4n) is 1.67. The Bertz CT molecular complexity index is 589. The standard InChI is InChI=1S/C13H9BrClF2N/c14-7-1-4-11(16)10(5-7)13(18)9-3-2-8(15)6-12(9)17/h1-6,13H,18H2. The molecule has 5 heteroatoms. The summed E-state index contributed by atoms with van der Waals surface area (Å²) in [4.78, 5) is 0. The first-order chi connectivity index (χ1) is 8.49. The lowest BCUT2D eigenvalue weighted by Gasteiger charge is -2.15. The molecule has 18 heavy (non-hydrogen) atoms. The fourth-order valence-corrected chi connectivity index (χ4v) is 2.21. The average Bonchev–Trinajstić information content (AvgIpc) is 2.31. The summed E-state index contributed by atoms with van der Waals surface area (Å²) >= 11 is 8.89. The van der Waals surface area contributed by atoms with E-state index in [1.165, 1.54) is 24.3 Å². The van der Waals surface area contributed by atoms with Crippen LogP contribution in [0.3, 0.4) is 0 Å². The maximum absolute atomic E-state index is 13.7. The van der Waals surface area contributed by atoms with Crippen LogP contribution in [0.1, 0.15) is 17.2 Å². The minimum absolute atomic E-state index is 0.205. The third kappa shape index (κ3) is 2.71. The summed E-state index contributed by atoms with van der Waals surface area (Å²) in [5, 5.41) is 0.276. The van der Waals surface area contributed by atoms with Gasteiger partial charge in [-0.2, -0.15) is 0 Å². The van der Waals surface area contributed by atoms with E-state index in [2.05, 4.69) is 15.9 Å². The Hall–Kier alpha value is -0.970. The van der Waals surface area contributed by atoms with Gasteiger partial charge in [0.05, 0.1) is 6.04 Å². The van der Waals surface area contributed by atoms with E-state index in [0.29, 0.717) is 4.47 Å². The number of hydrogen-bond acceptors (Lipinski definition) is 1. The summed E-state index contributed by atoms with van der Waals surface area (Å²) in [6.45, 7) is 0. The highest BCUT2D eigenvalue weighted by Crippen LogP contribution is 2.28. The molecule has 0 saturated carbocycles. The molecule has 0 spiro atoms. The van der Waals surface area contributed by atoms with E-state index in [1.54, 1.807) is 6.07 Å². The molecule has 1 atom stereocenters. The van der Waals surface area contributed by atoms with Gasteiger partial charge in [0.1, 0.15) is 11.6 Å². The molecule has 2 N–H and O–H groups in total. The lowest BCUT2D eigenvalue weighted by Crippen LogP contribution is -2.15. The Morgan fingerprint density at radius 2 is 1.72 bits per heavy atom. The second-order valence-corrected chi connectivity index (χ2v) is 5.16. The molecule has 0 radical (unpaired) electrons. The zero-order chi connectivity index (χ0) is 13.3. The van der Waals surface area contributed by atoms with E-state index in [0.717, 1.165) is 6.07 Å². The third-order valence-electron chi connectivity index (χ3n) is 2.59. The van der Waals surface area contributed by atoms with Crippen LogP contribution < -0.4 is 5.73 Å². The molecule has 0 aliphatic rings. The second kappa shape index (κ2) is 5.34. The smallest absolute Gasteiger partial charge is 0.129 e. The van der Waals surface area contributed by atoms with Crippen LogP contribution in [0.4, 0.5) is 8.78 Å². The van der Waals surface area contributed by atoms with Crippen molar-refractivity contribution in [3.8, 4) is 0 Å². The van der Waals surface area contributed by atoms with Crippen molar-refractivity contribution >= 4 is 27.5 Å². The topological polar surface area (TPSA) is 26.0 Å². The molecule has 0 aliphatic carbocycles. The number of benzene rings is 2. The first-order valence-corrected chi connectivity index (χ1v) is 6.31. The molecule has 94 valence electrons. The van der Waals surface area contributed by atoms with E-state index in [-0.39, 0.29) is 16.1 Å². The Kier molecular flexibility index (Phi) is 4.00. The van der Waals surface area contributed by atoms with Gasteiger partial charge in [0, 0.05) is 20.6 Å². The first kappa shape index (κ1) is 13.5. The predicted molar refractivity (Wildman–Crippen MR) is 71.5 cm³/mol. The van der Waals surface area contributed by atoms with Crippen LogP contribution in [-0.2, 0) is 0 Å². The molecule has 2 aromatic carbocycles. The van der Waals surface area contributed by atoms with Crippen molar-refractivity contribution in [2.24, 2.45) is 5.73 Å². The van der Waals surface area contributed by atoms with Crippen molar-refractivity contribution in [3.63, 3.8) is 0 Å². The molecule has 0 bridgehead atoms. The first-order valence-electron chi connectivity index (χ1n) is 5.14. The summed E-state index contributed by atoms with van der Waals surface area (Å²) in [7, 11) is 0. The summed E-state index contributed by atoms with van der Waals surface area (Å²) in [5.41, 5.74) is 6.33. The van der Waals surface area contributed by atoms with E-state index >= 15 is 0 Å². The summed E-state index contributed by atoms with van der Waals surface area (Å²) in [6.07, 6.45) is 0. The van der Waals surface area contributed by atoms with Gasteiger partial charge in [-0.05, 0) is 30.3 Å². The maximum Gasteiger partial charge on any atom is 0.129 e. The van der Waals surface area contributed by atoms with Gasteiger partial charge in [0.2, 0.25) is 0 Å². The SMILES string of the molecule is NC(c1ccc(Cl)cc1F)c1cc(Br)ccc1F. The van der Waals surface area contributed by atoms with Gasteiger partial charge in [-0.15, -0.1) is 0 Å². The Morgan fingerprint density at radius 1 is 1.00 bits per heavy atom. The fraction of sp³-hybridized carbons (Fsp3) is 0.0769. The third-order valence-corrected chi connectivity index (χ3v) is 3.32. The normalized spacial score (nSPS) is 12.5. The molecule has 0 saturated heterocycles. The molecule has 1 unspecified atom stereocenters. The zero-order valence-corrected chi connectivity index (χ0v) is 11.5. The van der Waals surface area contributed by atoms with Gasteiger partial charge in [0.15, 0.2) is 0 Å². The lowest BCUT2D eigenvalue weighted by atomic mass is 9.99. The van der Waals surface area contributed by atoms with E-state index in [4.69, 9.17) is 17.3 Å². The van der Waals surface area contributed by atoms with E-state index in [1.807, 2.05) is 0 Å². The Morgan fingerprint density at radius 3 is 2.39 bits per heavy atom. The zero-order valence-electron chi connectivity index (χ0n) is 9.13. The predicted octanol–water partition coefficient (Wildman–Crippen LogP) is 4.43. The highest BCUT2D eigenvalue weighted by molar-refractivity contribution is 9.10. The number of hydrogen-bond donors (Lipinski definition) is 1. The van der Waals surface area contributed by atoms with E-state index in [9.17, 15) is 8.78 Å². The number of nitrogens with two attached hydrogens (primary N) is 1. The van der Waals surface area contributed by atoms with Gasteiger partial charge in [-0.3, -0.25) is 0 Å². The van der Waals surface area contributed by atoms with Gasteiger partial charge in [-0.25, -0.2) is 8.78 Å². The summed E-state index contributed by atoms with van der Waals surface area (Å²) < 4.78 is 28.1. The van der Waals surface area contributed by atoms with Gasteiger partial charge < -0.3 is 5.73 Å². The highest BCUT2D eigenvalue weighted by atomic mass is 79.9. The van der Waals surface area contributed by atoms with Gasteiger partial charge in [0.25, 0.3) is 0 Å². The monoisotopic (exact) mass is 331 g/mol. The second-order valence-electron chi connectivity index (χ2n) is 3.81. The Balaban J connectivity index is 2.47. The largest absolute Gasteiger partial charge is 0.320 e. The van der Waals surface area contributed by atoms with Crippen LogP contribution in [0.25, 0.3) is 0 Å². The van der Waals surface area contributed by atoms with Crippen LogP contribution >= 0.6 is 27.5 Å². The average molecular weight is 333 g/mol. The van der Waals surface area contributed by atoms with Crippen LogP contribution in [0.15, 0.2) is 40.9 Å². The van der Waals surface area contributed by atoms with E-state index < -0.39 is 17.7 Å². The minimum atomic E-state index is -0.875. The maximum atomic E-state index is 13.7. The number of rotatable bonds is 2. The molecule has 2 aromatic rings. The van der Waals surface area contributed by atoms with Crippen molar-refractivity contribution in [1.82, 2.24) is 0 Å². The minimum Gasteiger partial charge on any atom is -0.320 e. The molecule has 0 fully saturated rings. The Labute approximate surface area is 117 Å². The van der Waals surface area contributed by atoms with Crippen molar-refractivity contribution in [2.75, 3.05) is 0 Å². The molecular formula is C13H9BrClF2N. The molecular weight excluding hydrogens is 324 g/mol. The molecule has 0 heterocycles. The van der Waals surface area contributed by atoms with Crippen molar-refractivity contribution in [2.45, 2.75) is 6.04 Å². The van der Waals surface area contributed by atoms with Crippen LogP contribution in [0.2, 0.25) is 5.02 Å². The molecule has 0 aliphatic heterocycles. The van der Waals surface area contributed by atoms with Crippen molar-refractivity contribution in [3.05, 3.63) is 68.7 Å². The quantitative estimate of drug-likeness (QED) is 0.865. The van der Waals surface area contributed by atoms with Gasteiger partial charge >= 0.3 is 0 Å². The summed E-state index contributed by atoms with van der Waals surface area (Å²) in [6, 6.07) is 7.65. The van der Waals surface area contributed by atoms with Gasteiger partial charge in [-0.1, -0.05) is 33.6 Å². The number of halogens is 4. The summed E-state index contributed by atoms with van der Waals surface area (Å²) in [5.74, 6) is -1.02.